The molecule has 0 radical (unpaired) electrons. The van der Waals surface area contributed by atoms with Crippen molar-refractivity contribution in [2.75, 3.05) is 7.11 Å². The molecule has 0 aromatic heterocycles. The quantitative estimate of drug-likeness (QED) is 0.776. The highest BCUT2D eigenvalue weighted by atomic mass is 19.3. The Bertz CT molecular complexity index is 509. The van der Waals surface area contributed by atoms with Crippen LogP contribution in [0.25, 0.3) is 0 Å². The van der Waals surface area contributed by atoms with Crippen molar-refractivity contribution in [3.8, 4) is 5.75 Å². The lowest BCUT2D eigenvalue weighted by Crippen LogP contribution is -2.17. The number of ketones is 1. The minimum atomic E-state index is -2.70. The molecule has 0 heterocycles. The van der Waals surface area contributed by atoms with E-state index in [4.69, 9.17) is 4.74 Å². The standard InChI is InChI=1S/C15H18F2O2/c1-9-6-10(2)13(12(7-9)19-3)14(18)11-4-5-15(16,17)8-11/h6-7,11H,4-5,8H2,1-3H3. The Hall–Kier alpha value is -1.45. The fraction of sp³-hybridized carbons (Fsp3) is 0.533. The first-order chi connectivity index (χ1) is 8.84. The summed E-state index contributed by atoms with van der Waals surface area (Å²) in [5.41, 5.74) is 2.23. The predicted octanol–water partition coefficient (Wildman–Crippen LogP) is 3.93. The van der Waals surface area contributed by atoms with Gasteiger partial charge in [0.05, 0.1) is 12.7 Å². The van der Waals surface area contributed by atoms with Gasteiger partial charge in [-0.1, -0.05) is 6.07 Å². The summed E-state index contributed by atoms with van der Waals surface area (Å²) in [6.07, 6.45) is -0.290. The summed E-state index contributed by atoms with van der Waals surface area (Å²) in [4.78, 5) is 12.4. The molecule has 1 aliphatic rings. The molecule has 1 aliphatic carbocycles. The molecule has 1 saturated carbocycles. The van der Waals surface area contributed by atoms with E-state index < -0.39 is 11.8 Å². The molecule has 1 unspecified atom stereocenters. The molecule has 2 rings (SSSR count). The van der Waals surface area contributed by atoms with Gasteiger partial charge in [0, 0.05) is 18.8 Å². The van der Waals surface area contributed by atoms with Crippen LogP contribution in [0.3, 0.4) is 0 Å². The molecule has 0 amide bonds. The van der Waals surface area contributed by atoms with Gasteiger partial charge in [-0.2, -0.15) is 0 Å². The first kappa shape index (κ1) is 14.0. The van der Waals surface area contributed by atoms with Gasteiger partial charge in [-0.15, -0.1) is 0 Å². The van der Waals surface area contributed by atoms with E-state index in [9.17, 15) is 13.6 Å². The zero-order valence-electron chi connectivity index (χ0n) is 11.4. The zero-order chi connectivity index (χ0) is 14.2. The lowest BCUT2D eigenvalue weighted by Gasteiger charge is -2.15. The fourth-order valence-electron chi connectivity index (χ4n) is 2.78. The van der Waals surface area contributed by atoms with E-state index in [2.05, 4.69) is 0 Å². The molecule has 0 saturated heterocycles. The Morgan fingerprint density at radius 3 is 2.58 bits per heavy atom. The van der Waals surface area contributed by atoms with E-state index in [-0.39, 0.29) is 25.0 Å². The third-order valence-corrected chi connectivity index (χ3v) is 3.68. The van der Waals surface area contributed by atoms with Crippen LogP contribution in [-0.2, 0) is 0 Å². The number of halogens is 2. The molecule has 1 aromatic rings. The molecule has 0 N–H and O–H groups in total. The number of hydrogen-bond acceptors (Lipinski definition) is 2. The molecular formula is C15H18F2O2. The predicted molar refractivity (Wildman–Crippen MR) is 69.1 cm³/mol. The molecule has 1 atom stereocenters. The summed E-state index contributed by atoms with van der Waals surface area (Å²) in [7, 11) is 1.49. The minimum absolute atomic E-state index is 0.198. The smallest absolute Gasteiger partial charge is 0.248 e. The maximum Gasteiger partial charge on any atom is 0.248 e. The Labute approximate surface area is 111 Å². The maximum atomic E-state index is 13.2. The molecule has 0 aliphatic heterocycles. The number of alkyl halides is 2. The molecule has 19 heavy (non-hydrogen) atoms. The van der Waals surface area contributed by atoms with Crippen LogP contribution < -0.4 is 4.74 Å². The van der Waals surface area contributed by atoms with E-state index in [1.54, 1.807) is 6.07 Å². The number of carbonyl (C=O) groups is 1. The van der Waals surface area contributed by atoms with Crippen LogP contribution >= 0.6 is 0 Å². The zero-order valence-corrected chi connectivity index (χ0v) is 11.4. The van der Waals surface area contributed by atoms with Gasteiger partial charge in [0.1, 0.15) is 5.75 Å². The van der Waals surface area contributed by atoms with E-state index in [1.807, 2.05) is 19.9 Å². The highest BCUT2D eigenvalue weighted by Crippen LogP contribution is 2.41. The Morgan fingerprint density at radius 2 is 2.05 bits per heavy atom. The maximum absolute atomic E-state index is 13.2. The molecule has 2 nitrogen and oxygen atoms in total. The fourth-order valence-corrected chi connectivity index (χ4v) is 2.78. The summed E-state index contributed by atoms with van der Waals surface area (Å²) < 4.78 is 31.7. The van der Waals surface area contributed by atoms with Crippen molar-refractivity contribution in [3.63, 3.8) is 0 Å². The van der Waals surface area contributed by atoms with Crippen LogP contribution in [-0.4, -0.2) is 18.8 Å². The third-order valence-electron chi connectivity index (χ3n) is 3.68. The van der Waals surface area contributed by atoms with Crippen molar-refractivity contribution >= 4 is 5.78 Å². The highest BCUT2D eigenvalue weighted by Gasteiger charge is 2.43. The number of ether oxygens (including phenoxy) is 1. The lowest BCUT2D eigenvalue weighted by atomic mass is 9.91. The third kappa shape index (κ3) is 2.77. The van der Waals surface area contributed by atoms with E-state index in [1.165, 1.54) is 7.11 Å². The van der Waals surface area contributed by atoms with Crippen LogP contribution in [0.15, 0.2) is 12.1 Å². The molecular weight excluding hydrogens is 250 g/mol. The summed E-state index contributed by atoms with van der Waals surface area (Å²) >= 11 is 0. The Kier molecular flexibility index (Phi) is 3.61. The van der Waals surface area contributed by atoms with Crippen LogP contribution in [0.2, 0.25) is 0 Å². The number of aryl methyl sites for hydroxylation is 2. The first-order valence-electron chi connectivity index (χ1n) is 6.41. The van der Waals surface area contributed by atoms with Gasteiger partial charge in [0.25, 0.3) is 0 Å². The summed E-state index contributed by atoms with van der Waals surface area (Å²) in [5, 5.41) is 0. The molecule has 0 spiro atoms. The second-order valence-corrected chi connectivity index (χ2v) is 5.32. The molecule has 104 valence electrons. The number of methoxy groups -OCH3 is 1. The monoisotopic (exact) mass is 268 g/mol. The van der Waals surface area contributed by atoms with Crippen molar-refractivity contribution in [1.29, 1.82) is 0 Å². The molecule has 4 heteroatoms. The van der Waals surface area contributed by atoms with Gasteiger partial charge in [0.15, 0.2) is 5.78 Å². The van der Waals surface area contributed by atoms with Crippen LogP contribution in [0.1, 0.15) is 40.7 Å². The lowest BCUT2D eigenvalue weighted by molar-refractivity contribution is 0.00527. The second kappa shape index (κ2) is 4.91. The summed E-state index contributed by atoms with van der Waals surface area (Å²) in [6, 6.07) is 3.65. The molecule has 1 aromatic carbocycles. The normalized spacial score (nSPS) is 21.4. The summed E-state index contributed by atoms with van der Waals surface area (Å²) in [5.74, 6) is -3.03. The number of Topliss-reactive ketones (excluding diaryl/α,β-unsaturated/α-hetero) is 1. The number of rotatable bonds is 3. The first-order valence-corrected chi connectivity index (χ1v) is 6.41. The second-order valence-electron chi connectivity index (χ2n) is 5.32. The van der Waals surface area contributed by atoms with Crippen LogP contribution in [0, 0.1) is 19.8 Å². The number of benzene rings is 1. The minimum Gasteiger partial charge on any atom is -0.496 e. The van der Waals surface area contributed by atoms with Gasteiger partial charge in [-0.3, -0.25) is 4.79 Å². The van der Waals surface area contributed by atoms with Gasteiger partial charge in [-0.05, 0) is 37.5 Å². The Balaban J connectivity index is 2.34. The van der Waals surface area contributed by atoms with Crippen molar-refractivity contribution < 1.29 is 18.3 Å². The van der Waals surface area contributed by atoms with Gasteiger partial charge in [0.2, 0.25) is 5.92 Å². The molecule has 0 bridgehead atoms. The van der Waals surface area contributed by atoms with Gasteiger partial charge < -0.3 is 4.74 Å². The van der Waals surface area contributed by atoms with Crippen LogP contribution in [0.5, 0.6) is 5.75 Å². The van der Waals surface area contributed by atoms with Crippen molar-refractivity contribution in [2.24, 2.45) is 5.92 Å². The van der Waals surface area contributed by atoms with E-state index in [0.29, 0.717) is 11.3 Å². The van der Waals surface area contributed by atoms with Gasteiger partial charge in [-0.25, -0.2) is 8.78 Å². The highest BCUT2D eigenvalue weighted by molar-refractivity contribution is 6.02. The Morgan fingerprint density at radius 1 is 1.37 bits per heavy atom. The topological polar surface area (TPSA) is 26.3 Å². The molecule has 1 fully saturated rings. The average Bonchev–Trinajstić information content (AvgIpc) is 2.68. The SMILES string of the molecule is COc1cc(C)cc(C)c1C(=O)C1CCC(F)(F)C1. The largest absolute Gasteiger partial charge is 0.496 e. The summed E-state index contributed by atoms with van der Waals surface area (Å²) in [6.45, 7) is 3.73. The van der Waals surface area contributed by atoms with Crippen molar-refractivity contribution in [3.05, 3.63) is 28.8 Å². The van der Waals surface area contributed by atoms with Crippen molar-refractivity contribution in [2.45, 2.75) is 39.0 Å². The average molecular weight is 268 g/mol. The van der Waals surface area contributed by atoms with Crippen LogP contribution in [0.4, 0.5) is 8.78 Å². The van der Waals surface area contributed by atoms with Crippen molar-refractivity contribution in [1.82, 2.24) is 0 Å². The number of hydrogen-bond donors (Lipinski definition) is 0. The van der Waals surface area contributed by atoms with E-state index in [0.717, 1.165) is 11.1 Å². The van der Waals surface area contributed by atoms with E-state index >= 15 is 0 Å². The number of carbonyl (C=O) groups excluding carboxylic acids is 1. The van der Waals surface area contributed by atoms with Gasteiger partial charge >= 0.3 is 0 Å².